The summed E-state index contributed by atoms with van der Waals surface area (Å²) >= 11 is 0. The highest BCUT2D eigenvalue weighted by Gasteiger charge is 2.30. The highest BCUT2D eigenvalue weighted by Crippen LogP contribution is 2.22. The Hall–Kier alpha value is -1.53. The fourth-order valence-corrected chi connectivity index (χ4v) is 3.65. The molecule has 0 radical (unpaired) electrons. The van der Waals surface area contributed by atoms with Crippen LogP contribution in [0.15, 0.2) is 6.20 Å². The number of aromatic nitrogens is 2. The van der Waals surface area contributed by atoms with Crippen molar-refractivity contribution in [2.75, 3.05) is 26.2 Å². The van der Waals surface area contributed by atoms with Gasteiger partial charge in [0.15, 0.2) is 0 Å². The molecule has 126 valence electrons. The van der Waals surface area contributed by atoms with Gasteiger partial charge in [0.2, 0.25) is 0 Å². The summed E-state index contributed by atoms with van der Waals surface area (Å²) < 4.78 is 0. The molecule has 0 bridgehead atoms. The van der Waals surface area contributed by atoms with Crippen LogP contribution in [0.4, 0.5) is 0 Å². The van der Waals surface area contributed by atoms with E-state index in [0.29, 0.717) is 17.4 Å². The van der Waals surface area contributed by atoms with Gasteiger partial charge in [-0.25, -0.2) is 9.97 Å². The summed E-state index contributed by atoms with van der Waals surface area (Å²) in [6, 6.07) is 0.543. The number of hydrogen-bond acceptors (Lipinski definition) is 5. The van der Waals surface area contributed by atoms with Crippen LogP contribution in [-0.4, -0.2) is 69.1 Å². The lowest BCUT2D eigenvalue weighted by atomic mass is 9.98. The van der Waals surface area contributed by atoms with Gasteiger partial charge in [0.05, 0.1) is 17.4 Å². The highest BCUT2D eigenvalue weighted by molar-refractivity contribution is 5.95. The van der Waals surface area contributed by atoms with E-state index >= 15 is 0 Å². The highest BCUT2D eigenvalue weighted by atomic mass is 16.3. The quantitative estimate of drug-likeness (QED) is 0.886. The van der Waals surface area contributed by atoms with E-state index < -0.39 is 0 Å². The Bertz CT molecular complexity index is 562. The van der Waals surface area contributed by atoms with Crippen molar-refractivity contribution in [2.24, 2.45) is 0 Å². The first-order chi connectivity index (χ1) is 11.0. The van der Waals surface area contributed by atoms with Gasteiger partial charge >= 0.3 is 0 Å². The number of carbonyl (C=O) groups is 1. The second-order valence-corrected chi connectivity index (χ2v) is 6.71. The maximum Gasteiger partial charge on any atom is 0.257 e. The summed E-state index contributed by atoms with van der Waals surface area (Å²) in [6.07, 6.45) is 5.29. The van der Waals surface area contributed by atoms with Crippen LogP contribution in [0.2, 0.25) is 0 Å². The Kier molecular flexibility index (Phi) is 4.92. The van der Waals surface area contributed by atoms with Crippen molar-refractivity contribution in [2.45, 2.75) is 51.7 Å². The molecule has 0 atom stereocenters. The minimum Gasteiger partial charge on any atom is -0.393 e. The summed E-state index contributed by atoms with van der Waals surface area (Å²) in [5.74, 6) is 0.750. The van der Waals surface area contributed by atoms with E-state index in [9.17, 15) is 9.90 Å². The number of aliphatic hydroxyl groups is 1. The van der Waals surface area contributed by atoms with Gasteiger partial charge in [0.1, 0.15) is 5.82 Å². The molecule has 1 amide bonds. The van der Waals surface area contributed by atoms with E-state index in [4.69, 9.17) is 0 Å². The summed E-state index contributed by atoms with van der Waals surface area (Å²) in [6.45, 7) is 7.23. The van der Waals surface area contributed by atoms with E-state index in [1.54, 1.807) is 6.20 Å². The molecule has 0 unspecified atom stereocenters. The van der Waals surface area contributed by atoms with E-state index in [-0.39, 0.29) is 12.0 Å². The number of rotatable bonds is 2. The van der Waals surface area contributed by atoms with Crippen LogP contribution in [0, 0.1) is 13.8 Å². The van der Waals surface area contributed by atoms with Gasteiger partial charge in [-0.2, -0.15) is 0 Å². The predicted molar refractivity (Wildman–Crippen MR) is 87.2 cm³/mol. The van der Waals surface area contributed by atoms with Crippen LogP contribution in [-0.2, 0) is 0 Å². The summed E-state index contributed by atoms with van der Waals surface area (Å²) in [4.78, 5) is 25.5. The number of hydrogen-bond donors (Lipinski definition) is 1. The maximum atomic E-state index is 12.7. The van der Waals surface area contributed by atoms with Crippen LogP contribution in [0.5, 0.6) is 0 Å². The Morgan fingerprint density at radius 1 is 1.13 bits per heavy atom. The monoisotopic (exact) mass is 318 g/mol. The molecule has 2 saturated heterocycles. The Labute approximate surface area is 137 Å². The second kappa shape index (κ2) is 6.93. The zero-order valence-electron chi connectivity index (χ0n) is 14.0. The Morgan fingerprint density at radius 2 is 1.78 bits per heavy atom. The van der Waals surface area contributed by atoms with Crippen molar-refractivity contribution in [3.05, 3.63) is 23.3 Å². The predicted octanol–water partition coefficient (Wildman–Crippen LogP) is 1.15. The third-order valence-corrected chi connectivity index (χ3v) is 5.10. The van der Waals surface area contributed by atoms with Crippen LogP contribution >= 0.6 is 0 Å². The topological polar surface area (TPSA) is 69.6 Å². The van der Waals surface area contributed by atoms with Gasteiger partial charge in [-0.15, -0.1) is 0 Å². The fourth-order valence-electron chi connectivity index (χ4n) is 3.65. The van der Waals surface area contributed by atoms with Crippen LogP contribution in [0.1, 0.15) is 47.6 Å². The van der Waals surface area contributed by atoms with Crippen molar-refractivity contribution >= 4 is 5.91 Å². The second-order valence-electron chi connectivity index (χ2n) is 6.71. The maximum absolute atomic E-state index is 12.7. The van der Waals surface area contributed by atoms with Gasteiger partial charge in [0.25, 0.3) is 5.91 Å². The largest absolute Gasteiger partial charge is 0.393 e. The van der Waals surface area contributed by atoms with Crippen molar-refractivity contribution in [3.63, 3.8) is 0 Å². The minimum atomic E-state index is -0.127. The Morgan fingerprint density at radius 3 is 2.39 bits per heavy atom. The molecule has 1 aromatic rings. The van der Waals surface area contributed by atoms with Gasteiger partial charge < -0.3 is 14.9 Å². The van der Waals surface area contributed by atoms with Gasteiger partial charge in [-0.05, 0) is 39.5 Å². The number of carbonyl (C=O) groups excluding carboxylic acids is 1. The summed E-state index contributed by atoms with van der Waals surface area (Å²) in [5, 5.41) is 9.62. The number of aryl methyl sites for hydroxylation is 2. The molecule has 2 aliphatic rings. The van der Waals surface area contributed by atoms with Crippen LogP contribution in [0.3, 0.4) is 0 Å². The number of nitrogens with zero attached hydrogens (tertiary/aromatic N) is 4. The van der Waals surface area contributed by atoms with Gasteiger partial charge in [-0.1, -0.05) is 0 Å². The first-order valence-corrected chi connectivity index (χ1v) is 8.56. The molecule has 2 fully saturated rings. The van der Waals surface area contributed by atoms with Gasteiger partial charge in [-0.3, -0.25) is 4.79 Å². The van der Waals surface area contributed by atoms with Crippen molar-refractivity contribution in [1.29, 1.82) is 0 Å². The summed E-state index contributed by atoms with van der Waals surface area (Å²) in [7, 11) is 0. The molecule has 3 rings (SSSR count). The fraction of sp³-hybridized carbons (Fsp3) is 0.706. The van der Waals surface area contributed by atoms with Crippen molar-refractivity contribution < 1.29 is 9.90 Å². The molecule has 6 nitrogen and oxygen atoms in total. The molecule has 0 spiro atoms. The third kappa shape index (κ3) is 3.70. The first-order valence-electron chi connectivity index (χ1n) is 8.56. The molecule has 23 heavy (non-hydrogen) atoms. The van der Waals surface area contributed by atoms with Gasteiger partial charge in [0, 0.05) is 38.4 Å². The van der Waals surface area contributed by atoms with Crippen molar-refractivity contribution in [3.8, 4) is 0 Å². The SMILES string of the molecule is Cc1ncc(C(=O)N2CCC(N3CCC(O)CC3)CC2)c(C)n1. The Balaban J connectivity index is 1.57. The number of amides is 1. The van der Waals surface area contributed by atoms with Crippen LogP contribution < -0.4 is 0 Å². The molecular formula is C17H26N4O2. The molecule has 0 saturated carbocycles. The minimum absolute atomic E-state index is 0.0509. The van der Waals surface area contributed by atoms with E-state index in [0.717, 1.165) is 57.6 Å². The third-order valence-electron chi connectivity index (χ3n) is 5.10. The van der Waals surface area contributed by atoms with E-state index in [2.05, 4.69) is 14.9 Å². The zero-order chi connectivity index (χ0) is 16.4. The van der Waals surface area contributed by atoms with Crippen molar-refractivity contribution in [1.82, 2.24) is 19.8 Å². The first kappa shape index (κ1) is 16.3. The zero-order valence-corrected chi connectivity index (χ0v) is 14.0. The van der Waals surface area contributed by atoms with E-state index in [1.165, 1.54) is 0 Å². The molecule has 0 aliphatic carbocycles. The lowest BCUT2D eigenvalue weighted by molar-refractivity contribution is 0.0356. The average molecular weight is 318 g/mol. The standard InChI is InChI=1S/C17H26N4O2/c1-12-16(11-18-13(2)19-12)17(23)21-7-3-14(4-8-21)20-9-5-15(22)6-10-20/h11,14-15,22H,3-10H2,1-2H3. The normalized spacial score (nSPS) is 21.6. The van der Waals surface area contributed by atoms with E-state index in [1.807, 2.05) is 18.7 Å². The molecule has 1 N–H and O–H groups in total. The number of piperidine rings is 2. The lowest BCUT2D eigenvalue weighted by Crippen LogP contribution is -2.49. The molecular weight excluding hydrogens is 292 g/mol. The molecule has 6 heteroatoms. The average Bonchev–Trinajstić information content (AvgIpc) is 2.55. The number of likely N-dealkylation sites (tertiary alicyclic amines) is 2. The summed E-state index contributed by atoms with van der Waals surface area (Å²) in [5.41, 5.74) is 1.38. The molecule has 2 aliphatic heterocycles. The molecule has 3 heterocycles. The smallest absolute Gasteiger partial charge is 0.257 e. The molecule has 0 aromatic carbocycles. The van der Waals surface area contributed by atoms with Crippen LogP contribution in [0.25, 0.3) is 0 Å². The number of aliphatic hydroxyl groups excluding tert-OH is 1. The lowest BCUT2D eigenvalue weighted by Gasteiger charge is -2.41. The molecule has 1 aromatic heterocycles.